The van der Waals surface area contributed by atoms with Crippen LogP contribution in [0.4, 0.5) is 0 Å². The highest BCUT2D eigenvalue weighted by molar-refractivity contribution is 5.75. The molecule has 0 atom stereocenters. The van der Waals surface area contributed by atoms with Gasteiger partial charge in [-0.15, -0.1) is 0 Å². The van der Waals surface area contributed by atoms with Crippen LogP contribution in [0.15, 0.2) is 21.6 Å². The normalized spacial score (nSPS) is 11.3. The van der Waals surface area contributed by atoms with Crippen molar-refractivity contribution in [3.05, 3.63) is 28.5 Å². The van der Waals surface area contributed by atoms with Crippen LogP contribution >= 0.6 is 0 Å². The fraction of sp³-hybridized carbons (Fsp3) is 0.333. The summed E-state index contributed by atoms with van der Waals surface area (Å²) in [6, 6.07) is 0. The smallest absolute Gasteiger partial charge is 0.406 e. The van der Waals surface area contributed by atoms with Crippen LogP contribution in [0, 0.1) is 0 Å². The van der Waals surface area contributed by atoms with E-state index in [0.29, 0.717) is 11.5 Å². The lowest BCUT2D eigenvalue weighted by Gasteiger charge is -2.03. The van der Waals surface area contributed by atoms with Gasteiger partial charge >= 0.3 is 5.76 Å². The van der Waals surface area contributed by atoms with Crippen molar-refractivity contribution in [1.29, 1.82) is 0 Å². The lowest BCUT2D eigenvalue weighted by molar-refractivity contribution is 0.554. The standard InChI is InChI=1S/C9H10N2O2/c1-5(2)6-3-10-4-7-8(6)11-9(12)13-7/h3-5H,1-2H3,(H,11,12). The highest BCUT2D eigenvalue weighted by atomic mass is 16.4. The van der Waals surface area contributed by atoms with Gasteiger partial charge in [0, 0.05) is 11.8 Å². The van der Waals surface area contributed by atoms with E-state index in [-0.39, 0.29) is 0 Å². The Morgan fingerprint density at radius 3 is 2.92 bits per heavy atom. The van der Waals surface area contributed by atoms with E-state index >= 15 is 0 Å². The highest BCUT2D eigenvalue weighted by Crippen LogP contribution is 2.20. The largest absolute Gasteiger partial charge is 0.417 e. The predicted octanol–water partition coefficient (Wildman–Crippen LogP) is 1.64. The van der Waals surface area contributed by atoms with E-state index in [1.54, 1.807) is 12.4 Å². The number of pyridine rings is 1. The Balaban J connectivity index is 2.82. The second-order valence-electron chi connectivity index (χ2n) is 3.27. The quantitative estimate of drug-likeness (QED) is 0.722. The van der Waals surface area contributed by atoms with E-state index < -0.39 is 5.76 Å². The van der Waals surface area contributed by atoms with Crippen LogP contribution in [0.3, 0.4) is 0 Å². The molecule has 0 aliphatic rings. The van der Waals surface area contributed by atoms with Gasteiger partial charge in [0.05, 0.1) is 11.7 Å². The monoisotopic (exact) mass is 178 g/mol. The number of fused-ring (bicyclic) bond motifs is 1. The van der Waals surface area contributed by atoms with Gasteiger partial charge in [0.1, 0.15) is 0 Å². The molecule has 0 saturated heterocycles. The molecule has 0 bridgehead atoms. The number of hydrogen-bond acceptors (Lipinski definition) is 3. The molecule has 2 heterocycles. The maximum Gasteiger partial charge on any atom is 0.417 e. The summed E-state index contributed by atoms with van der Waals surface area (Å²) in [5, 5.41) is 0. The van der Waals surface area contributed by atoms with Crippen molar-refractivity contribution in [3.63, 3.8) is 0 Å². The summed E-state index contributed by atoms with van der Waals surface area (Å²) in [5.41, 5.74) is 2.29. The zero-order chi connectivity index (χ0) is 9.42. The number of H-pyrrole nitrogens is 1. The van der Waals surface area contributed by atoms with Gasteiger partial charge in [0.2, 0.25) is 0 Å². The van der Waals surface area contributed by atoms with E-state index in [4.69, 9.17) is 4.42 Å². The summed E-state index contributed by atoms with van der Waals surface area (Å²) in [5.74, 6) is -0.102. The van der Waals surface area contributed by atoms with Crippen molar-refractivity contribution in [1.82, 2.24) is 9.97 Å². The maximum atomic E-state index is 10.9. The van der Waals surface area contributed by atoms with Crippen LogP contribution in [0.25, 0.3) is 11.1 Å². The second kappa shape index (κ2) is 2.73. The molecule has 68 valence electrons. The first-order chi connectivity index (χ1) is 6.18. The number of oxazole rings is 1. The molecular formula is C9H10N2O2. The molecule has 0 aromatic carbocycles. The van der Waals surface area contributed by atoms with Gasteiger partial charge in [0.15, 0.2) is 5.58 Å². The van der Waals surface area contributed by atoms with E-state index in [9.17, 15) is 4.79 Å². The third-order valence-corrected chi connectivity index (χ3v) is 1.99. The highest BCUT2D eigenvalue weighted by Gasteiger charge is 2.09. The molecule has 2 aromatic heterocycles. The lowest BCUT2D eigenvalue weighted by atomic mass is 10.1. The van der Waals surface area contributed by atoms with Crippen LogP contribution in [-0.2, 0) is 0 Å². The average Bonchev–Trinajstić information content (AvgIpc) is 2.43. The third-order valence-electron chi connectivity index (χ3n) is 1.99. The maximum absolute atomic E-state index is 10.9. The number of nitrogens with zero attached hydrogens (tertiary/aromatic N) is 1. The van der Waals surface area contributed by atoms with Crippen LogP contribution in [0.5, 0.6) is 0 Å². The van der Waals surface area contributed by atoms with E-state index in [2.05, 4.69) is 9.97 Å². The minimum atomic E-state index is -0.426. The second-order valence-corrected chi connectivity index (χ2v) is 3.27. The molecule has 0 amide bonds. The molecular weight excluding hydrogens is 168 g/mol. The Labute approximate surface area is 74.6 Å². The summed E-state index contributed by atoms with van der Waals surface area (Å²) in [6.45, 7) is 4.09. The lowest BCUT2D eigenvalue weighted by Crippen LogP contribution is -1.95. The molecule has 2 aromatic rings. The van der Waals surface area contributed by atoms with Gasteiger partial charge in [-0.25, -0.2) is 4.79 Å². The van der Waals surface area contributed by atoms with Crippen molar-refractivity contribution in [3.8, 4) is 0 Å². The van der Waals surface area contributed by atoms with E-state index in [0.717, 1.165) is 11.1 Å². The minimum absolute atomic E-state index is 0.324. The van der Waals surface area contributed by atoms with Gasteiger partial charge < -0.3 is 4.42 Å². The van der Waals surface area contributed by atoms with Crippen LogP contribution in [-0.4, -0.2) is 9.97 Å². The zero-order valence-electron chi connectivity index (χ0n) is 7.50. The topological polar surface area (TPSA) is 58.9 Å². The summed E-state index contributed by atoms with van der Waals surface area (Å²) in [6.07, 6.45) is 3.29. The van der Waals surface area contributed by atoms with Crippen LogP contribution < -0.4 is 5.76 Å². The summed E-state index contributed by atoms with van der Waals surface area (Å²) >= 11 is 0. The van der Waals surface area contributed by atoms with Gasteiger partial charge in [-0.2, -0.15) is 0 Å². The molecule has 0 radical (unpaired) electrons. The summed E-state index contributed by atoms with van der Waals surface area (Å²) in [7, 11) is 0. The molecule has 4 nitrogen and oxygen atoms in total. The van der Waals surface area contributed by atoms with Gasteiger partial charge in [0.25, 0.3) is 0 Å². The molecule has 0 saturated carbocycles. The van der Waals surface area contributed by atoms with Gasteiger partial charge in [-0.05, 0) is 5.92 Å². The first-order valence-corrected chi connectivity index (χ1v) is 4.15. The Kier molecular flexibility index (Phi) is 1.69. The number of aromatic nitrogens is 2. The molecule has 2 rings (SSSR count). The summed E-state index contributed by atoms with van der Waals surface area (Å²) in [4.78, 5) is 17.6. The Hall–Kier alpha value is -1.58. The van der Waals surface area contributed by atoms with E-state index in [1.165, 1.54) is 0 Å². The third kappa shape index (κ3) is 1.24. The first kappa shape index (κ1) is 8.04. The molecule has 0 unspecified atom stereocenters. The molecule has 0 aliphatic heterocycles. The number of nitrogens with one attached hydrogen (secondary N) is 1. The van der Waals surface area contributed by atoms with Gasteiger partial charge in [-0.1, -0.05) is 13.8 Å². The summed E-state index contributed by atoms with van der Waals surface area (Å²) < 4.78 is 4.89. The molecule has 0 fully saturated rings. The molecule has 13 heavy (non-hydrogen) atoms. The fourth-order valence-corrected chi connectivity index (χ4v) is 1.33. The first-order valence-electron chi connectivity index (χ1n) is 4.15. The Morgan fingerprint density at radius 2 is 2.23 bits per heavy atom. The van der Waals surface area contributed by atoms with Crippen molar-refractivity contribution in [2.45, 2.75) is 19.8 Å². The van der Waals surface area contributed by atoms with Crippen molar-refractivity contribution < 1.29 is 4.42 Å². The number of aromatic amines is 1. The van der Waals surface area contributed by atoms with E-state index in [1.807, 2.05) is 13.8 Å². The Morgan fingerprint density at radius 1 is 1.46 bits per heavy atom. The van der Waals surface area contributed by atoms with Crippen molar-refractivity contribution in [2.75, 3.05) is 0 Å². The zero-order valence-corrected chi connectivity index (χ0v) is 7.50. The Bertz CT molecular complexity index is 482. The fourth-order valence-electron chi connectivity index (χ4n) is 1.33. The van der Waals surface area contributed by atoms with Crippen molar-refractivity contribution >= 4 is 11.1 Å². The van der Waals surface area contributed by atoms with Crippen LogP contribution in [0.1, 0.15) is 25.3 Å². The number of rotatable bonds is 1. The van der Waals surface area contributed by atoms with Gasteiger partial charge in [-0.3, -0.25) is 9.97 Å². The SMILES string of the molecule is CC(C)c1cncc2oc(=O)[nH]c12. The van der Waals surface area contributed by atoms with Crippen LogP contribution in [0.2, 0.25) is 0 Å². The van der Waals surface area contributed by atoms with Crippen molar-refractivity contribution in [2.24, 2.45) is 0 Å². The molecule has 0 aliphatic carbocycles. The molecule has 1 N–H and O–H groups in total. The molecule has 4 heteroatoms. The number of hydrogen-bond donors (Lipinski definition) is 1. The predicted molar refractivity (Wildman–Crippen MR) is 48.7 cm³/mol. The minimum Gasteiger partial charge on any atom is -0.406 e. The molecule has 0 spiro atoms. The average molecular weight is 178 g/mol.